The predicted octanol–water partition coefficient (Wildman–Crippen LogP) is 3.91. The second-order valence-electron chi connectivity index (χ2n) is 3.79. The first-order chi connectivity index (χ1) is 7.20. The van der Waals surface area contributed by atoms with Gasteiger partial charge < -0.3 is 4.74 Å². The molecular formula is C12H23ClO2. The lowest BCUT2D eigenvalue weighted by atomic mass is 10.1. The molecule has 0 aliphatic carbocycles. The third-order valence-corrected chi connectivity index (χ3v) is 2.77. The van der Waals surface area contributed by atoms with Gasteiger partial charge in [0.2, 0.25) is 0 Å². The Hall–Kier alpha value is -0.240. The second kappa shape index (κ2) is 10.3. The van der Waals surface area contributed by atoms with E-state index < -0.39 is 0 Å². The summed E-state index contributed by atoms with van der Waals surface area (Å²) >= 11 is 6.10. The summed E-state index contributed by atoms with van der Waals surface area (Å²) in [6, 6.07) is 0. The molecule has 0 N–H and O–H groups in total. The standard InChI is InChI=1S/C12H23ClO2/c1-3-5-6-7-8-11(13)9-10-12(14)15-4-2/h11H,3-10H2,1-2H3. The summed E-state index contributed by atoms with van der Waals surface area (Å²) in [5.74, 6) is -0.128. The lowest BCUT2D eigenvalue weighted by molar-refractivity contribution is -0.143. The van der Waals surface area contributed by atoms with Gasteiger partial charge in [-0.05, 0) is 19.8 Å². The Morgan fingerprint density at radius 1 is 1.20 bits per heavy atom. The van der Waals surface area contributed by atoms with Crippen LogP contribution >= 0.6 is 11.6 Å². The van der Waals surface area contributed by atoms with Crippen molar-refractivity contribution < 1.29 is 9.53 Å². The molecule has 0 radical (unpaired) electrons. The minimum atomic E-state index is -0.128. The number of ether oxygens (including phenoxy) is 1. The van der Waals surface area contributed by atoms with Crippen molar-refractivity contribution in [1.29, 1.82) is 0 Å². The molecule has 0 spiro atoms. The quantitative estimate of drug-likeness (QED) is 0.344. The van der Waals surface area contributed by atoms with Gasteiger partial charge in [-0.3, -0.25) is 4.79 Å². The number of carbonyl (C=O) groups is 1. The monoisotopic (exact) mass is 234 g/mol. The zero-order valence-corrected chi connectivity index (χ0v) is 10.7. The molecule has 0 saturated carbocycles. The van der Waals surface area contributed by atoms with Crippen molar-refractivity contribution in [2.75, 3.05) is 6.61 Å². The van der Waals surface area contributed by atoms with Gasteiger partial charge in [-0.25, -0.2) is 0 Å². The van der Waals surface area contributed by atoms with Crippen LogP contribution in [0.3, 0.4) is 0 Å². The number of esters is 1. The summed E-state index contributed by atoms with van der Waals surface area (Å²) in [5, 5.41) is 0.131. The number of hydrogen-bond acceptors (Lipinski definition) is 2. The van der Waals surface area contributed by atoms with E-state index in [0.717, 1.165) is 12.8 Å². The summed E-state index contributed by atoms with van der Waals surface area (Å²) in [5.41, 5.74) is 0. The van der Waals surface area contributed by atoms with Crippen LogP contribution in [0, 0.1) is 0 Å². The van der Waals surface area contributed by atoms with E-state index in [1.54, 1.807) is 0 Å². The summed E-state index contributed by atoms with van der Waals surface area (Å²) in [6.45, 7) is 4.47. The van der Waals surface area contributed by atoms with E-state index in [0.29, 0.717) is 13.0 Å². The van der Waals surface area contributed by atoms with Crippen LogP contribution in [0.5, 0.6) is 0 Å². The Morgan fingerprint density at radius 2 is 1.93 bits per heavy atom. The SMILES string of the molecule is CCCCCCC(Cl)CCC(=O)OCC. The van der Waals surface area contributed by atoms with Gasteiger partial charge in [-0.15, -0.1) is 11.6 Å². The Morgan fingerprint density at radius 3 is 2.53 bits per heavy atom. The van der Waals surface area contributed by atoms with Crippen LogP contribution in [-0.2, 0) is 9.53 Å². The van der Waals surface area contributed by atoms with Gasteiger partial charge in [-0.2, -0.15) is 0 Å². The molecule has 0 amide bonds. The number of hydrogen-bond donors (Lipinski definition) is 0. The molecule has 0 aliphatic rings. The summed E-state index contributed by atoms with van der Waals surface area (Å²) in [6.07, 6.45) is 7.16. The minimum absolute atomic E-state index is 0.128. The molecule has 0 aliphatic heterocycles. The molecule has 0 fully saturated rings. The first kappa shape index (κ1) is 14.8. The molecule has 1 unspecified atom stereocenters. The van der Waals surface area contributed by atoms with Crippen molar-refractivity contribution in [2.24, 2.45) is 0 Å². The maximum Gasteiger partial charge on any atom is 0.305 e. The van der Waals surface area contributed by atoms with Crippen LogP contribution in [0.15, 0.2) is 0 Å². The number of halogens is 1. The van der Waals surface area contributed by atoms with Gasteiger partial charge in [-0.1, -0.05) is 32.6 Å². The van der Waals surface area contributed by atoms with Crippen LogP contribution in [0.25, 0.3) is 0 Å². The first-order valence-electron chi connectivity index (χ1n) is 6.00. The lowest BCUT2D eigenvalue weighted by Gasteiger charge is -2.08. The van der Waals surface area contributed by atoms with Crippen molar-refractivity contribution in [3.05, 3.63) is 0 Å². The third kappa shape index (κ3) is 10.1. The molecule has 2 nitrogen and oxygen atoms in total. The maximum absolute atomic E-state index is 11.0. The van der Waals surface area contributed by atoms with Crippen molar-refractivity contribution in [3.63, 3.8) is 0 Å². The maximum atomic E-state index is 11.0. The highest BCUT2D eigenvalue weighted by atomic mass is 35.5. The average Bonchev–Trinajstić information content (AvgIpc) is 2.22. The van der Waals surface area contributed by atoms with Crippen molar-refractivity contribution in [3.8, 4) is 0 Å². The molecule has 90 valence electrons. The van der Waals surface area contributed by atoms with E-state index in [-0.39, 0.29) is 11.3 Å². The highest BCUT2D eigenvalue weighted by Crippen LogP contribution is 2.15. The largest absolute Gasteiger partial charge is 0.466 e. The molecule has 0 heterocycles. The Kier molecular flexibility index (Phi) is 10.1. The highest BCUT2D eigenvalue weighted by Gasteiger charge is 2.08. The molecule has 3 heteroatoms. The van der Waals surface area contributed by atoms with Gasteiger partial charge in [0.05, 0.1) is 6.61 Å². The molecule has 0 aromatic heterocycles. The summed E-state index contributed by atoms with van der Waals surface area (Å²) in [7, 11) is 0. The number of carbonyl (C=O) groups excluding carboxylic acids is 1. The van der Waals surface area contributed by atoms with Gasteiger partial charge in [0, 0.05) is 11.8 Å². The molecule has 0 bridgehead atoms. The van der Waals surface area contributed by atoms with Gasteiger partial charge in [0.25, 0.3) is 0 Å². The molecule has 1 atom stereocenters. The fourth-order valence-electron chi connectivity index (χ4n) is 1.44. The van der Waals surface area contributed by atoms with Crippen LogP contribution in [0.4, 0.5) is 0 Å². The molecule has 0 aromatic rings. The van der Waals surface area contributed by atoms with Crippen LogP contribution < -0.4 is 0 Å². The Balaban J connectivity index is 3.32. The van der Waals surface area contributed by atoms with E-state index in [2.05, 4.69) is 6.92 Å². The van der Waals surface area contributed by atoms with Gasteiger partial charge >= 0.3 is 5.97 Å². The van der Waals surface area contributed by atoms with Crippen molar-refractivity contribution in [1.82, 2.24) is 0 Å². The fourth-order valence-corrected chi connectivity index (χ4v) is 1.71. The smallest absolute Gasteiger partial charge is 0.305 e. The zero-order chi connectivity index (χ0) is 11.5. The highest BCUT2D eigenvalue weighted by molar-refractivity contribution is 6.20. The summed E-state index contributed by atoms with van der Waals surface area (Å²) in [4.78, 5) is 11.0. The van der Waals surface area contributed by atoms with Crippen LogP contribution in [0.2, 0.25) is 0 Å². The fraction of sp³-hybridized carbons (Fsp3) is 0.917. The van der Waals surface area contributed by atoms with Crippen molar-refractivity contribution in [2.45, 2.75) is 64.2 Å². The Labute approximate surface area is 98.3 Å². The molecule has 0 aromatic carbocycles. The molecular weight excluding hydrogens is 212 g/mol. The van der Waals surface area contributed by atoms with E-state index in [1.807, 2.05) is 6.92 Å². The number of unbranched alkanes of at least 4 members (excludes halogenated alkanes) is 3. The topological polar surface area (TPSA) is 26.3 Å². The van der Waals surface area contributed by atoms with E-state index in [1.165, 1.54) is 25.7 Å². The van der Waals surface area contributed by atoms with E-state index in [4.69, 9.17) is 16.3 Å². The third-order valence-electron chi connectivity index (χ3n) is 2.34. The lowest BCUT2D eigenvalue weighted by Crippen LogP contribution is -2.07. The first-order valence-corrected chi connectivity index (χ1v) is 6.44. The van der Waals surface area contributed by atoms with E-state index in [9.17, 15) is 4.79 Å². The average molecular weight is 235 g/mol. The molecule has 15 heavy (non-hydrogen) atoms. The number of rotatable bonds is 9. The normalized spacial score (nSPS) is 12.5. The molecule has 0 saturated heterocycles. The van der Waals surface area contributed by atoms with Crippen molar-refractivity contribution >= 4 is 17.6 Å². The number of alkyl halides is 1. The van der Waals surface area contributed by atoms with Crippen LogP contribution in [0.1, 0.15) is 58.8 Å². The van der Waals surface area contributed by atoms with Gasteiger partial charge in [0.15, 0.2) is 0 Å². The summed E-state index contributed by atoms with van der Waals surface area (Å²) < 4.78 is 4.84. The Bertz CT molecular complexity index is 160. The van der Waals surface area contributed by atoms with E-state index >= 15 is 0 Å². The zero-order valence-electron chi connectivity index (χ0n) is 9.93. The van der Waals surface area contributed by atoms with Crippen LogP contribution in [-0.4, -0.2) is 18.0 Å². The second-order valence-corrected chi connectivity index (χ2v) is 4.41. The minimum Gasteiger partial charge on any atom is -0.466 e. The van der Waals surface area contributed by atoms with Gasteiger partial charge in [0.1, 0.15) is 0 Å². The molecule has 0 rings (SSSR count). The predicted molar refractivity (Wildman–Crippen MR) is 64.3 cm³/mol.